The first kappa shape index (κ1) is 18.6. The molecule has 0 radical (unpaired) electrons. The van der Waals surface area contributed by atoms with Gasteiger partial charge in [-0.1, -0.05) is 6.07 Å². The lowest BCUT2D eigenvalue weighted by atomic mass is 9.98. The Bertz CT molecular complexity index is 909. The van der Waals surface area contributed by atoms with Crippen LogP contribution in [0.25, 0.3) is 0 Å². The van der Waals surface area contributed by atoms with Crippen LogP contribution < -0.4 is 15.4 Å². The second kappa shape index (κ2) is 6.86. The van der Waals surface area contributed by atoms with Crippen LogP contribution in [-0.4, -0.2) is 31.0 Å². The molecule has 2 N–H and O–H groups in total. The number of halogens is 2. The van der Waals surface area contributed by atoms with Gasteiger partial charge in [0.2, 0.25) is 5.91 Å². The summed E-state index contributed by atoms with van der Waals surface area (Å²) >= 11 is 0. The Labute approximate surface area is 155 Å². The zero-order valence-electron chi connectivity index (χ0n) is 15.1. The van der Waals surface area contributed by atoms with Crippen LogP contribution in [0.3, 0.4) is 0 Å². The van der Waals surface area contributed by atoms with E-state index in [0.717, 1.165) is 17.7 Å². The lowest BCUT2D eigenvalue weighted by Crippen LogP contribution is -2.46. The normalized spacial score (nSPS) is 16.3. The number of methoxy groups -OCH3 is 1. The molecule has 142 valence electrons. The minimum atomic E-state index is -0.825. The summed E-state index contributed by atoms with van der Waals surface area (Å²) in [6.45, 7) is 1.49. The predicted molar refractivity (Wildman–Crippen MR) is 95.6 cm³/mol. The van der Waals surface area contributed by atoms with Crippen molar-refractivity contribution < 1.29 is 23.1 Å². The summed E-state index contributed by atoms with van der Waals surface area (Å²) in [7, 11) is 2.91. The SMILES string of the molecule is COc1cc(F)c(CN2C(=O)N(C)C(C)c3ccc(C(N)=O)cc32)c(F)c1. The third kappa shape index (κ3) is 3.18. The topological polar surface area (TPSA) is 75.9 Å². The van der Waals surface area contributed by atoms with Crippen LogP contribution in [0.5, 0.6) is 5.75 Å². The number of fused-ring (bicyclic) bond motifs is 1. The fourth-order valence-electron chi connectivity index (χ4n) is 3.11. The standard InChI is InChI=1S/C19H19F2N3O3/c1-10-13-5-4-11(18(22)25)6-17(13)24(19(26)23(10)2)9-14-15(20)7-12(27-3)8-16(14)21/h4-8,10H,9H2,1-3H3,(H2,22,25). The molecule has 1 aliphatic heterocycles. The van der Waals surface area contributed by atoms with Gasteiger partial charge in [0.25, 0.3) is 0 Å². The highest BCUT2D eigenvalue weighted by atomic mass is 19.1. The fourth-order valence-corrected chi connectivity index (χ4v) is 3.11. The van der Waals surface area contributed by atoms with E-state index in [0.29, 0.717) is 5.69 Å². The van der Waals surface area contributed by atoms with Crippen molar-refractivity contribution >= 4 is 17.6 Å². The zero-order chi connectivity index (χ0) is 19.9. The molecule has 6 nitrogen and oxygen atoms in total. The third-order valence-electron chi connectivity index (χ3n) is 4.84. The van der Waals surface area contributed by atoms with Crippen LogP contribution in [0.4, 0.5) is 19.3 Å². The minimum absolute atomic E-state index is 0.0425. The number of nitrogens with zero attached hydrogens (tertiary/aromatic N) is 2. The second-order valence-electron chi connectivity index (χ2n) is 6.36. The summed E-state index contributed by atoms with van der Waals surface area (Å²) < 4.78 is 33.6. The molecule has 27 heavy (non-hydrogen) atoms. The quantitative estimate of drug-likeness (QED) is 0.892. The van der Waals surface area contributed by atoms with Gasteiger partial charge >= 0.3 is 6.03 Å². The molecule has 1 aliphatic rings. The number of carbonyl (C=O) groups excluding carboxylic acids is 2. The Morgan fingerprint density at radius 3 is 2.41 bits per heavy atom. The Morgan fingerprint density at radius 2 is 1.85 bits per heavy atom. The van der Waals surface area contributed by atoms with E-state index in [4.69, 9.17) is 10.5 Å². The summed E-state index contributed by atoms with van der Waals surface area (Å²) in [4.78, 5) is 27.0. The first-order valence-corrected chi connectivity index (χ1v) is 8.24. The molecule has 3 rings (SSSR count). The van der Waals surface area contributed by atoms with Crippen LogP contribution >= 0.6 is 0 Å². The van der Waals surface area contributed by atoms with Gasteiger partial charge in [-0.2, -0.15) is 0 Å². The number of rotatable bonds is 4. The monoisotopic (exact) mass is 375 g/mol. The Kier molecular flexibility index (Phi) is 4.73. The van der Waals surface area contributed by atoms with Gasteiger partial charge in [-0.25, -0.2) is 13.6 Å². The number of primary amides is 1. The predicted octanol–water partition coefficient (Wildman–Crippen LogP) is 3.21. The van der Waals surface area contributed by atoms with E-state index in [1.54, 1.807) is 19.2 Å². The smallest absolute Gasteiger partial charge is 0.325 e. The molecule has 1 unspecified atom stereocenters. The Balaban J connectivity index is 2.10. The van der Waals surface area contributed by atoms with Crippen molar-refractivity contribution in [1.29, 1.82) is 0 Å². The van der Waals surface area contributed by atoms with Crippen molar-refractivity contribution in [3.8, 4) is 5.75 Å². The largest absolute Gasteiger partial charge is 0.497 e. The number of ether oxygens (including phenoxy) is 1. The fraction of sp³-hybridized carbons (Fsp3) is 0.263. The van der Waals surface area contributed by atoms with Crippen LogP contribution in [0, 0.1) is 11.6 Å². The van der Waals surface area contributed by atoms with E-state index in [2.05, 4.69) is 0 Å². The molecule has 0 fully saturated rings. The Hall–Kier alpha value is -3.16. The average molecular weight is 375 g/mol. The van der Waals surface area contributed by atoms with Crippen molar-refractivity contribution in [2.75, 3.05) is 19.1 Å². The summed E-state index contributed by atoms with van der Waals surface area (Å²) in [6.07, 6.45) is 0. The first-order chi connectivity index (χ1) is 12.7. The number of nitrogens with two attached hydrogens (primary N) is 1. The lowest BCUT2D eigenvalue weighted by Gasteiger charge is -2.39. The number of carbonyl (C=O) groups is 2. The van der Waals surface area contributed by atoms with Gasteiger partial charge in [0.05, 0.1) is 25.4 Å². The lowest BCUT2D eigenvalue weighted by molar-refractivity contribution is 0.1000. The van der Waals surface area contributed by atoms with Crippen LogP contribution in [0.15, 0.2) is 30.3 Å². The van der Waals surface area contributed by atoms with E-state index in [1.807, 2.05) is 6.92 Å². The van der Waals surface area contributed by atoms with Crippen molar-refractivity contribution in [3.63, 3.8) is 0 Å². The molecule has 1 atom stereocenters. The van der Waals surface area contributed by atoms with Crippen molar-refractivity contribution in [3.05, 3.63) is 58.7 Å². The van der Waals surface area contributed by atoms with Gasteiger partial charge in [-0.05, 0) is 24.6 Å². The summed E-state index contributed by atoms with van der Waals surface area (Å²) in [5.41, 5.74) is 6.41. The van der Waals surface area contributed by atoms with Crippen molar-refractivity contribution in [2.24, 2.45) is 5.73 Å². The van der Waals surface area contributed by atoms with E-state index >= 15 is 0 Å². The average Bonchev–Trinajstić information content (AvgIpc) is 2.64. The van der Waals surface area contributed by atoms with E-state index in [9.17, 15) is 18.4 Å². The minimum Gasteiger partial charge on any atom is -0.497 e. The van der Waals surface area contributed by atoms with Crippen molar-refractivity contribution in [1.82, 2.24) is 4.90 Å². The number of hydrogen-bond acceptors (Lipinski definition) is 3. The maximum absolute atomic E-state index is 14.4. The van der Waals surface area contributed by atoms with E-state index in [1.165, 1.54) is 23.0 Å². The van der Waals surface area contributed by atoms with E-state index < -0.39 is 23.6 Å². The molecule has 0 aromatic heterocycles. The molecular formula is C19H19F2N3O3. The first-order valence-electron chi connectivity index (χ1n) is 8.24. The van der Waals surface area contributed by atoms with Gasteiger partial charge in [-0.3, -0.25) is 9.69 Å². The third-order valence-corrected chi connectivity index (χ3v) is 4.84. The highest BCUT2D eigenvalue weighted by molar-refractivity contribution is 5.99. The van der Waals surface area contributed by atoms with Gasteiger partial charge in [0.15, 0.2) is 0 Å². The van der Waals surface area contributed by atoms with Gasteiger partial charge in [0.1, 0.15) is 17.4 Å². The van der Waals surface area contributed by atoms with Crippen LogP contribution in [0.1, 0.15) is 34.5 Å². The van der Waals surface area contributed by atoms with E-state index in [-0.39, 0.29) is 29.5 Å². The number of benzene rings is 2. The number of anilines is 1. The summed E-state index contributed by atoms with van der Waals surface area (Å²) in [5, 5.41) is 0. The van der Waals surface area contributed by atoms with Crippen LogP contribution in [-0.2, 0) is 6.54 Å². The maximum atomic E-state index is 14.4. The van der Waals surface area contributed by atoms with Crippen LogP contribution in [0.2, 0.25) is 0 Å². The highest BCUT2D eigenvalue weighted by Crippen LogP contribution is 2.37. The Morgan fingerprint density at radius 1 is 1.22 bits per heavy atom. The molecule has 0 saturated heterocycles. The highest BCUT2D eigenvalue weighted by Gasteiger charge is 2.34. The molecule has 0 spiro atoms. The molecule has 0 bridgehead atoms. The summed E-state index contributed by atoms with van der Waals surface area (Å²) in [5.74, 6) is -2.26. The number of hydrogen-bond donors (Lipinski definition) is 1. The molecular weight excluding hydrogens is 356 g/mol. The number of urea groups is 1. The molecule has 8 heteroatoms. The molecule has 1 heterocycles. The zero-order valence-corrected chi connectivity index (χ0v) is 15.1. The molecule has 0 aliphatic carbocycles. The molecule has 2 aromatic carbocycles. The van der Waals surface area contributed by atoms with Gasteiger partial charge < -0.3 is 15.4 Å². The van der Waals surface area contributed by atoms with Crippen molar-refractivity contribution in [2.45, 2.75) is 19.5 Å². The molecule has 2 aromatic rings. The second-order valence-corrected chi connectivity index (χ2v) is 6.36. The molecule has 3 amide bonds. The maximum Gasteiger partial charge on any atom is 0.325 e. The molecule has 0 saturated carbocycles. The van der Waals surface area contributed by atoms with Gasteiger partial charge in [-0.15, -0.1) is 0 Å². The number of amides is 3. The van der Waals surface area contributed by atoms with Gasteiger partial charge in [0, 0.05) is 30.3 Å². The summed E-state index contributed by atoms with van der Waals surface area (Å²) in [6, 6.07) is 6.13.